The van der Waals surface area contributed by atoms with Crippen LogP contribution in [0.4, 0.5) is 10.8 Å². The van der Waals surface area contributed by atoms with Crippen LogP contribution in [0.15, 0.2) is 58.8 Å². The van der Waals surface area contributed by atoms with Crippen LogP contribution < -0.4 is 10.0 Å². The zero-order chi connectivity index (χ0) is 19.4. The molecule has 0 fully saturated rings. The van der Waals surface area contributed by atoms with Crippen molar-refractivity contribution < 1.29 is 13.2 Å². The molecule has 0 unspecified atom stereocenters. The molecule has 0 aliphatic heterocycles. The van der Waals surface area contributed by atoms with Crippen LogP contribution in [0.1, 0.15) is 10.4 Å². The first kappa shape index (κ1) is 19.4. The quantitative estimate of drug-likeness (QED) is 0.586. The summed E-state index contributed by atoms with van der Waals surface area (Å²) in [4.78, 5) is 18.1. The summed E-state index contributed by atoms with van der Waals surface area (Å²) < 4.78 is 25.0. The highest BCUT2D eigenvalue weighted by atomic mass is 32.2. The van der Waals surface area contributed by atoms with Crippen LogP contribution in [0.25, 0.3) is 11.3 Å². The number of sulfonamides is 1. The maximum Gasteiger partial charge on any atom is 0.257 e. The number of aromatic nitrogens is 1. The van der Waals surface area contributed by atoms with Gasteiger partial charge in [0.2, 0.25) is 10.0 Å². The molecule has 1 heterocycles. The molecule has 0 bridgehead atoms. The number of nitrogens with one attached hydrogen (secondary N) is 2. The van der Waals surface area contributed by atoms with Crippen molar-refractivity contribution >= 4 is 49.8 Å². The van der Waals surface area contributed by atoms with Gasteiger partial charge in [0.05, 0.1) is 11.9 Å². The molecule has 9 heteroatoms. The van der Waals surface area contributed by atoms with Crippen LogP contribution in [0.5, 0.6) is 0 Å². The number of hydrogen-bond acceptors (Lipinski definition) is 6. The van der Waals surface area contributed by atoms with E-state index in [1.807, 2.05) is 35.9 Å². The third kappa shape index (κ3) is 5.31. The molecule has 6 nitrogen and oxygen atoms in total. The highest BCUT2D eigenvalue weighted by molar-refractivity contribution is 7.98. The molecule has 0 saturated heterocycles. The first-order valence-corrected chi connectivity index (χ1v) is 11.8. The number of nitrogens with zero attached hydrogens (tertiary/aromatic N) is 1. The van der Waals surface area contributed by atoms with Crippen LogP contribution in [-0.4, -0.2) is 31.8 Å². The predicted octanol–water partition coefficient (Wildman–Crippen LogP) is 4.16. The summed E-state index contributed by atoms with van der Waals surface area (Å²) >= 11 is 3.00. The van der Waals surface area contributed by atoms with Crippen molar-refractivity contribution in [2.75, 3.05) is 22.6 Å². The molecular weight excluding hydrogens is 402 g/mol. The van der Waals surface area contributed by atoms with E-state index in [-0.39, 0.29) is 5.91 Å². The van der Waals surface area contributed by atoms with E-state index in [1.165, 1.54) is 22.3 Å². The van der Waals surface area contributed by atoms with Crippen LogP contribution in [0, 0.1) is 0 Å². The summed E-state index contributed by atoms with van der Waals surface area (Å²) in [7, 11) is -3.40. The summed E-state index contributed by atoms with van der Waals surface area (Å²) in [6.07, 6.45) is 3.08. The van der Waals surface area contributed by atoms with Gasteiger partial charge in [-0.1, -0.05) is 18.2 Å². The highest BCUT2D eigenvalue weighted by Gasteiger charge is 2.11. The minimum absolute atomic E-state index is 0.332. The molecule has 0 saturated carbocycles. The summed E-state index contributed by atoms with van der Waals surface area (Å²) in [6.45, 7) is 0. The zero-order valence-electron chi connectivity index (χ0n) is 14.6. The molecule has 0 aliphatic rings. The van der Waals surface area contributed by atoms with E-state index in [9.17, 15) is 13.2 Å². The SMILES string of the molecule is CSc1ccc(-c2csc(NC(=O)c3cccc(NS(C)(=O)=O)c3)n2)cc1. The van der Waals surface area contributed by atoms with Crippen molar-refractivity contribution in [1.82, 2.24) is 4.98 Å². The fraction of sp³-hybridized carbons (Fsp3) is 0.111. The molecule has 0 atom stereocenters. The number of carbonyl (C=O) groups is 1. The van der Waals surface area contributed by atoms with E-state index in [2.05, 4.69) is 15.0 Å². The van der Waals surface area contributed by atoms with Gasteiger partial charge < -0.3 is 0 Å². The lowest BCUT2D eigenvalue weighted by Crippen LogP contribution is -2.13. The Morgan fingerprint density at radius 2 is 1.89 bits per heavy atom. The fourth-order valence-electron chi connectivity index (χ4n) is 2.33. The van der Waals surface area contributed by atoms with Gasteiger partial charge in [-0.05, 0) is 36.6 Å². The van der Waals surface area contributed by atoms with Crippen LogP contribution in [-0.2, 0) is 10.0 Å². The molecule has 1 aromatic heterocycles. The van der Waals surface area contributed by atoms with Crippen molar-refractivity contribution in [1.29, 1.82) is 0 Å². The maximum absolute atomic E-state index is 12.4. The fourth-order valence-corrected chi connectivity index (χ4v) is 4.01. The van der Waals surface area contributed by atoms with Gasteiger partial charge in [-0.2, -0.15) is 0 Å². The Labute approximate surface area is 166 Å². The lowest BCUT2D eigenvalue weighted by molar-refractivity contribution is 0.102. The van der Waals surface area contributed by atoms with Crippen LogP contribution in [0.3, 0.4) is 0 Å². The van der Waals surface area contributed by atoms with E-state index >= 15 is 0 Å². The smallest absolute Gasteiger partial charge is 0.257 e. The van der Waals surface area contributed by atoms with E-state index in [4.69, 9.17) is 0 Å². The number of carbonyl (C=O) groups excluding carboxylic acids is 1. The average Bonchev–Trinajstić information content (AvgIpc) is 3.09. The van der Waals surface area contributed by atoms with Gasteiger partial charge in [0.15, 0.2) is 5.13 Å². The number of thiazole rings is 1. The lowest BCUT2D eigenvalue weighted by Gasteiger charge is -2.06. The number of thioether (sulfide) groups is 1. The first-order chi connectivity index (χ1) is 12.8. The topological polar surface area (TPSA) is 88.2 Å². The Balaban J connectivity index is 1.73. The van der Waals surface area contributed by atoms with Crippen molar-refractivity contribution in [2.45, 2.75) is 4.90 Å². The Kier molecular flexibility index (Phi) is 5.83. The third-order valence-corrected chi connectivity index (χ3v) is 5.65. The van der Waals surface area contributed by atoms with Gasteiger partial charge >= 0.3 is 0 Å². The largest absolute Gasteiger partial charge is 0.298 e. The summed E-state index contributed by atoms with van der Waals surface area (Å²) in [6, 6.07) is 14.3. The third-order valence-electron chi connectivity index (χ3n) is 3.54. The van der Waals surface area contributed by atoms with E-state index in [0.717, 1.165) is 17.5 Å². The van der Waals surface area contributed by atoms with Crippen molar-refractivity contribution in [3.63, 3.8) is 0 Å². The number of rotatable bonds is 6. The van der Waals surface area contributed by atoms with Gasteiger partial charge in [-0.25, -0.2) is 13.4 Å². The monoisotopic (exact) mass is 419 g/mol. The molecule has 2 N–H and O–H groups in total. The Hall–Kier alpha value is -2.36. The van der Waals surface area contributed by atoms with E-state index in [0.29, 0.717) is 16.4 Å². The van der Waals surface area contributed by atoms with Crippen LogP contribution >= 0.6 is 23.1 Å². The summed E-state index contributed by atoms with van der Waals surface area (Å²) in [5.41, 5.74) is 2.43. The van der Waals surface area contributed by atoms with E-state index < -0.39 is 10.0 Å². The second kappa shape index (κ2) is 8.12. The normalized spacial score (nSPS) is 11.2. The van der Waals surface area contributed by atoms with Crippen molar-refractivity contribution in [3.8, 4) is 11.3 Å². The standard InChI is InChI=1S/C18H17N3O3S3/c1-25-15-8-6-12(7-9-15)16-11-26-18(19-16)20-17(22)13-4-3-5-14(10-13)21-27(2,23)24/h3-11,21H,1-2H3,(H,19,20,22). The molecular formula is C18H17N3O3S3. The van der Waals surface area contributed by atoms with Gasteiger partial charge in [0.1, 0.15) is 0 Å². The minimum atomic E-state index is -3.40. The number of hydrogen-bond donors (Lipinski definition) is 2. The molecule has 0 radical (unpaired) electrons. The molecule has 3 rings (SSSR count). The van der Waals surface area contributed by atoms with Gasteiger partial charge in [-0.15, -0.1) is 23.1 Å². The Morgan fingerprint density at radius 3 is 2.56 bits per heavy atom. The van der Waals surface area contributed by atoms with Gasteiger partial charge in [0.25, 0.3) is 5.91 Å². The highest BCUT2D eigenvalue weighted by Crippen LogP contribution is 2.27. The number of anilines is 2. The van der Waals surface area contributed by atoms with Gasteiger partial charge in [-0.3, -0.25) is 14.8 Å². The lowest BCUT2D eigenvalue weighted by atomic mass is 10.2. The van der Waals surface area contributed by atoms with E-state index in [1.54, 1.807) is 30.0 Å². The molecule has 3 aromatic rings. The molecule has 0 aliphatic carbocycles. The minimum Gasteiger partial charge on any atom is -0.298 e. The molecule has 140 valence electrons. The number of benzene rings is 2. The number of amides is 1. The van der Waals surface area contributed by atoms with Crippen molar-refractivity contribution in [2.24, 2.45) is 0 Å². The molecule has 27 heavy (non-hydrogen) atoms. The Morgan fingerprint density at radius 1 is 1.15 bits per heavy atom. The maximum atomic E-state index is 12.4. The van der Waals surface area contributed by atoms with Crippen molar-refractivity contribution in [3.05, 3.63) is 59.5 Å². The molecule has 0 spiro atoms. The summed E-state index contributed by atoms with van der Waals surface area (Å²) in [5.74, 6) is -0.356. The average molecular weight is 420 g/mol. The second-order valence-electron chi connectivity index (χ2n) is 5.68. The van der Waals surface area contributed by atoms with Gasteiger partial charge in [0, 0.05) is 27.1 Å². The second-order valence-corrected chi connectivity index (χ2v) is 9.16. The summed E-state index contributed by atoms with van der Waals surface area (Å²) in [5, 5.41) is 5.11. The first-order valence-electron chi connectivity index (χ1n) is 7.83. The molecule has 2 aromatic carbocycles. The predicted molar refractivity (Wildman–Crippen MR) is 112 cm³/mol. The van der Waals surface area contributed by atoms with Crippen LogP contribution in [0.2, 0.25) is 0 Å². The molecule has 1 amide bonds. The Bertz CT molecular complexity index is 1060. The zero-order valence-corrected chi connectivity index (χ0v) is 17.0.